The van der Waals surface area contributed by atoms with E-state index in [1.165, 1.54) is 26.2 Å². The largest absolute Gasteiger partial charge is 0.350 e. The third-order valence-corrected chi connectivity index (χ3v) is 5.41. The number of nitrogens with two attached hydrogens (primary N) is 1. The second kappa shape index (κ2) is 6.13. The van der Waals surface area contributed by atoms with Gasteiger partial charge in [-0.15, -0.1) is 0 Å². The van der Waals surface area contributed by atoms with Crippen LogP contribution in [0.3, 0.4) is 0 Å². The molecule has 7 heteroatoms. The molecule has 116 valence electrons. The molecule has 0 spiro atoms. The molecular formula is C14H21N3O3S. The predicted octanol–water partition coefficient (Wildman–Crippen LogP) is 0.404. The van der Waals surface area contributed by atoms with Crippen LogP contribution in [0.2, 0.25) is 0 Å². The van der Waals surface area contributed by atoms with Gasteiger partial charge < -0.3 is 11.1 Å². The first kappa shape index (κ1) is 15.9. The van der Waals surface area contributed by atoms with Crippen molar-refractivity contribution in [2.75, 3.05) is 20.6 Å². The summed E-state index contributed by atoms with van der Waals surface area (Å²) in [5.74, 6) is 0.202. The zero-order valence-corrected chi connectivity index (χ0v) is 13.1. The van der Waals surface area contributed by atoms with Crippen LogP contribution < -0.4 is 11.1 Å². The van der Waals surface area contributed by atoms with Crippen molar-refractivity contribution in [1.82, 2.24) is 9.62 Å². The zero-order valence-electron chi connectivity index (χ0n) is 12.2. The van der Waals surface area contributed by atoms with Gasteiger partial charge in [0, 0.05) is 32.2 Å². The number of benzene rings is 1. The lowest BCUT2D eigenvalue weighted by Gasteiger charge is -2.13. The fourth-order valence-electron chi connectivity index (χ4n) is 2.01. The first-order valence-electron chi connectivity index (χ1n) is 6.88. The lowest BCUT2D eigenvalue weighted by Crippen LogP contribution is -2.38. The minimum absolute atomic E-state index is 0.0253. The highest BCUT2D eigenvalue weighted by atomic mass is 32.2. The van der Waals surface area contributed by atoms with Crippen molar-refractivity contribution in [2.45, 2.75) is 23.8 Å². The van der Waals surface area contributed by atoms with Crippen molar-refractivity contribution in [3.8, 4) is 0 Å². The van der Waals surface area contributed by atoms with Gasteiger partial charge in [-0.3, -0.25) is 4.79 Å². The molecule has 6 nitrogen and oxygen atoms in total. The summed E-state index contributed by atoms with van der Waals surface area (Å²) in [6, 6.07) is 5.98. The minimum Gasteiger partial charge on any atom is -0.350 e. The number of amides is 1. The van der Waals surface area contributed by atoms with E-state index in [-0.39, 0.29) is 16.8 Å². The van der Waals surface area contributed by atoms with Crippen LogP contribution in [0.4, 0.5) is 0 Å². The molecule has 1 aliphatic rings. The number of nitrogens with zero attached hydrogens (tertiary/aromatic N) is 1. The van der Waals surface area contributed by atoms with Crippen LogP contribution in [0.1, 0.15) is 23.2 Å². The molecule has 1 fully saturated rings. The monoisotopic (exact) mass is 311 g/mol. The standard InChI is InChI=1S/C14H21N3O3S/c1-17(2)21(19,20)12-5-3-4-11(8-12)14(18)16-9-13(15)10-6-7-10/h3-5,8,10,13H,6-7,9,15H2,1-2H3,(H,16,18). The van der Waals surface area contributed by atoms with Crippen LogP contribution in [0.25, 0.3) is 0 Å². The van der Waals surface area contributed by atoms with Gasteiger partial charge in [-0.25, -0.2) is 12.7 Å². The molecule has 3 N–H and O–H groups in total. The van der Waals surface area contributed by atoms with E-state index in [4.69, 9.17) is 5.73 Å². The number of nitrogens with one attached hydrogen (secondary N) is 1. The molecule has 21 heavy (non-hydrogen) atoms. The van der Waals surface area contributed by atoms with Crippen LogP contribution in [0, 0.1) is 5.92 Å². The highest BCUT2D eigenvalue weighted by Crippen LogP contribution is 2.31. The van der Waals surface area contributed by atoms with E-state index >= 15 is 0 Å². The molecule has 1 amide bonds. The lowest BCUT2D eigenvalue weighted by molar-refractivity contribution is 0.0950. The highest BCUT2D eigenvalue weighted by molar-refractivity contribution is 7.89. The zero-order chi connectivity index (χ0) is 15.6. The second-order valence-electron chi connectivity index (χ2n) is 5.53. The van der Waals surface area contributed by atoms with Crippen molar-refractivity contribution in [3.05, 3.63) is 29.8 Å². The number of rotatable bonds is 6. The Morgan fingerprint density at radius 1 is 1.43 bits per heavy atom. The fraction of sp³-hybridized carbons (Fsp3) is 0.500. The molecule has 1 aromatic rings. The van der Waals surface area contributed by atoms with E-state index in [0.717, 1.165) is 17.1 Å². The average Bonchev–Trinajstić information content (AvgIpc) is 3.29. The van der Waals surface area contributed by atoms with E-state index < -0.39 is 10.0 Å². The molecule has 1 atom stereocenters. The van der Waals surface area contributed by atoms with E-state index in [9.17, 15) is 13.2 Å². The molecule has 1 unspecified atom stereocenters. The number of hydrogen-bond acceptors (Lipinski definition) is 4. The van der Waals surface area contributed by atoms with Gasteiger partial charge in [0.15, 0.2) is 0 Å². The molecule has 0 aromatic heterocycles. The van der Waals surface area contributed by atoms with Gasteiger partial charge in [0.2, 0.25) is 10.0 Å². The molecule has 1 saturated carbocycles. The smallest absolute Gasteiger partial charge is 0.251 e. The SMILES string of the molecule is CN(C)S(=O)(=O)c1cccc(C(=O)NCC(N)C2CC2)c1. The molecule has 0 radical (unpaired) electrons. The minimum atomic E-state index is -3.54. The summed E-state index contributed by atoms with van der Waals surface area (Å²) in [5.41, 5.74) is 6.25. The summed E-state index contributed by atoms with van der Waals surface area (Å²) < 4.78 is 25.2. The molecule has 1 aromatic carbocycles. The van der Waals surface area contributed by atoms with Gasteiger partial charge in [-0.1, -0.05) is 6.07 Å². The Bertz CT molecular complexity index is 624. The van der Waals surface area contributed by atoms with Crippen molar-refractivity contribution in [1.29, 1.82) is 0 Å². The maximum Gasteiger partial charge on any atom is 0.251 e. The molecule has 2 rings (SSSR count). The molecule has 0 aliphatic heterocycles. The van der Waals surface area contributed by atoms with E-state index in [1.807, 2.05) is 0 Å². The van der Waals surface area contributed by atoms with Gasteiger partial charge in [0.25, 0.3) is 5.91 Å². The first-order valence-corrected chi connectivity index (χ1v) is 8.32. The fourth-order valence-corrected chi connectivity index (χ4v) is 2.96. The Labute approximate surface area is 125 Å². The Hall–Kier alpha value is -1.44. The number of hydrogen-bond donors (Lipinski definition) is 2. The van der Waals surface area contributed by atoms with E-state index in [1.54, 1.807) is 12.1 Å². The van der Waals surface area contributed by atoms with Crippen LogP contribution in [0.15, 0.2) is 29.2 Å². The normalized spacial score (nSPS) is 16.8. The van der Waals surface area contributed by atoms with Gasteiger partial charge in [-0.05, 0) is 37.0 Å². The average molecular weight is 311 g/mol. The number of carbonyl (C=O) groups is 1. The van der Waals surface area contributed by atoms with Gasteiger partial charge in [0.1, 0.15) is 0 Å². The Kier molecular flexibility index (Phi) is 4.65. The quantitative estimate of drug-likeness (QED) is 0.795. The van der Waals surface area contributed by atoms with Crippen LogP contribution >= 0.6 is 0 Å². The Morgan fingerprint density at radius 3 is 2.67 bits per heavy atom. The summed E-state index contributed by atoms with van der Waals surface area (Å²) in [6.45, 7) is 0.411. The third kappa shape index (κ3) is 3.81. The summed E-state index contributed by atoms with van der Waals surface area (Å²) >= 11 is 0. The van der Waals surface area contributed by atoms with E-state index in [0.29, 0.717) is 18.0 Å². The summed E-state index contributed by atoms with van der Waals surface area (Å²) in [4.78, 5) is 12.2. The van der Waals surface area contributed by atoms with Crippen molar-refractivity contribution < 1.29 is 13.2 Å². The van der Waals surface area contributed by atoms with Crippen molar-refractivity contribution in [2.24, 2.45) is 11.7 Å². The van der Waals surface area contributed by atoms with E-state index in [2.05, 4.69) is 5.32 Å². The Balaban J connectivity index is 2.07. The molecule has 1 aliphatic carbocycles. The van der Waals surface area contributed by atoms with Gasteiger partial charge in [-0.2, -0.15) is 0 Å². The lowest BCUT2D eigenvalue weighted by atomic mass is 10.2. The topological polar surface area (TPSA) is 92.5 Å². The molecule has 0 saturated heterocycles. The Morgan fingerprint density at radius 2 is 2.10 bits per heavy atom. The number of sulfonamides is 1. The van der Waals surface area contributed by atoms with Crippen LogP contribution in [0.5, 0.6) is 0 Å². The molecule has 0 bridgehead atoms. The number of carbonyl (C=O) groups excluding carboxylic acids is 1. The third-order valence-electron chi connectivity index (χ3n) is 3.60. The summed E-state index contributed by atoms with van der Waals surface area (Å²) in [7, 11) is -0.629. The maximum absolute atomic E-state index is 12.1. The van der Waals surface area contributed by atoms with Crippen molar-refractivity contribution in [3.63, 3.8) is 0 Å². The highest BCUT2D eigenvalue weighted by Gasteiger charge is 2.28. The van der Waals surface area contributed by atoms with Crippen LogP contribution in [-0.4, -0.2) is 45.3 Å². The predicted molar refractivity (Wildman–Crippen MR) is 80.3 cm³/mol. The molecule has 0 heterocycles. The second-order valence-corrected chi connectivity index (χ2v) is 7.68. The molecular weight excluding hydrogens is 290 g/mol. The van der Waals surface area contributed by atoms with Crippen molar-refractivity contribution >= 4 is 15.9 Å². The van der Waals surface area contributed by atoms with Crippen LogP contribution in [-0.2, 0) is 10.0 Å². The summed E-state index contributed by atoms with van der Waals surface area (Å²) in [5, 5.41) is 2.76. The van der Waals surface area contributed by atoms with Gasteiger partial charge >= 0.3 is 0 Å². The van der Waals surface area contributed by atoms with Gasteiger partial charge in [0.05, 0.1) is 4.90 Å². The maximum atomic E-state index is 12.1. The first-order chi connectivity index (χ1) is 9.82. The summed E-state index contributed by atoms with van der Waals surface area (Å²) in [6.07, 6.45) is 2.24.